The normalized spacial score (nSPS) is 13.4. The Morgan fingerprint density at radius 1 is 1.24 bits per heavy atom. The molecule has 21 heavy (non-hydrogen) atoms. The Balaban J connectivity index is 0.00000220. The maximum Gasteiger partial charge on any atom is 0.238 e. The molecular formula is C15H23ClN2O3. The lowest BCUT2D eigenvalue weighted by Gasteiger charge is -2.08. The van der Waals surface area contributed by atoms with Crippen LogP contribution in [0.15, 0.2) is 24.3 Å². The second-order valence-electron chi connectivity index (χ2n) is 4.99. The number of anilines is 1. The summed E-state index contributed by atoms with van der Waals surface area (Å²) in [5.41, 5.74) is 0.780. The van der Waals surface area contributed by atoms with E-state index in [2.05, 4.69) is 10.6 Å². The highest BCUT2D eigenvalue weighted by Crippen LogP contribution is 2.27. The van der Waals surface area contributed by atoms with Gasteiger partial charge < -0.3 is 20.1 Å². The maximum absolute atomic E-state index is 11.7. The minimum Gasteiger partial charge on any atom is -0.491 e. The van der Waals surface area contributed by atoms with E-state index in [0.29, 0.717) is 19.8 Å². The van der Waals surface area contributed by atoms with Gasteiger partial charge in [-0.05, 0) is 49.6 Å². The summed E-state index contributed by atoms with van der Waals surface area (Å²) in [7, 11) is 1.64. The minimum atomic E-state index is -0.0151. The number of nitrogens with one attached hydrogen (secondary N) is 2. The van der Waals surface area contributed by atoms with Crippen LogP contribution in [0.4, 0.5) is 5.69 Å². The van der Waals surface area contributed by atoms with Crippen LogP contribution in [0.2, 0.25) is 0 Å². The molecule has 6 heteroatoms. The molecule has 0 spiro atoms. The second-order valence-corrected chi connectivity index (χ2v) is 4.99. The van der Waals surface area contributed by atoms with Gasteiger partial charge in [-0.2, -0.15) is 0 Å². The van der Waals surface area contributed by atoms with E-state index in [1.807, 2.05) is 24.3 Å². The first-order chi connectivity index (χ1) is 9.78. The largest absolute Gasteiger partial charge is 0.491 e. The fourth-order valence-corrected chi connectivity index (χ4v) is 1.79. The zero-order valence-electron chi connectivity index (χ0n) is 12.3. The maximum atomic E-state index is 11.7. The van der Waals surface area contributed by atoms with Crippen molar-refractivity contribution >= 4 is 24.0 Å². The van der Waals surface area contributed by atoms with E-state index in [9.17, 15) is 4.79 Å². The van der Waals surface area contributed by atoms with Gasteiger partial charge in [0.05, 0.1) is 13.2 Å². The van der Waals surface area contributed by atoms with E-state index in [1.54, 1.807) is 7.11 Å². The van der Waals surface area contributed by atoms with Gasteiger partial charge in [0.1, 0.15) is 12.4 Å². The number of methoxy groups -OCH3 is 1. The number of carbonyl (C=O) groups is 1. The molecule has 1 aromatic carbocycles. The number of halogens is 1. The van der Waals surface area contributed by atoms with Gasteiger partial charge in [0.25, 0.3) is 0 Å². The third-order valence-electron chi connectivity index (χ3n) is 3.11. The van der Waals surface area contributed by atoms with Gasteiger partial charge in [-0.1, -0.05) is 0 Å². The molecule has 0 radical (unpaired) electrons. The summed E-state index contributed by atoms with van der Waals surface area (Å²) < 4.78 is 10.4. The summed E-state index contributed by atoms with van der Waals surface area (Å²) >= 11 is 0. The predicted octanol–water partition coefficient (Wildman–Crippen LogP) is 2.07. The van der Waals surface area contributed by atoms with Crippen LogP contribution >= 0.6 is 12.4 Å². The lowest BCUT2D eigenvalue weighted by Crippen LogP contribution is -2.29. The zero-order valence-corrected chi connectivity index (χ0v) is 13.1. The lowest BCUT2D eigenvalue weighted by atomic mass is 10.3. The minimum absolute atomic E-state index is 0. The quantitative estimate of drug-likeness (QED) is 0.685. The standard InChI is InChI=1S/C15H22N2O3.ClH/c1-19-8-9-20-14-6-4-13(5-7-14)17-15(18)11-16-10-12-2-3-12;/h4-7,12,16H,2-3,8-11H2,1H3,(H,17,18);1H. The van der Waals surface area contributed by atoms with Gasteiger partial charge in [0.15, 0.2) is 0 Å². The van der Waals surface area contributed by atoms with Crippen LogP contribution in [0.5, 0.6) is 5.75 Å². The van der Waals surface area contributed by atoms with Crippen LogP contribution in [-0.2, 0) is 9.53 Å². The molecular weight excluding hydrogens is 292 g/mol. The summed E-state index contributed by atoms with van der Waals surface area (Å²) in [6, 6.07) is 7.34. The Kier molecular flexibility index (Phi) is 8.12. The van der Waals surface area contributed by atoms with Crippen LogP contribution in [-0.4, -0.2) is 39.3 Å². The Labute approximate surface area is 131 Å². The van der Waals surface area contributed by atoms with Crippen molar-refractivity contribution < 1.29 is 14.3 Å². The molecule has 0 saturated heterocycles. The molecule has 0 atom stereocenters. The highest BCUT2D eigenvalue weighted by atomic mass is 35.5. The molecule has 1 aliphatic carbocycles. The van der Waals surface area contributed by atoms with Crippen molar-refractivity contribution in [2.45, 2.75) is 12.8 Å². The molecule has 1 amide bonds. The van der Waals surface area contributed by atoms with Crippen LogP contribution < -0.4 is 15.4 Å². The third kappa shape index (κ3) is 7.32. The van der Waals surface area contributed by atoms with E-state index in [0.717, 1.165) is 23.9 Å². The fraction of sp³-hybridized carbons (Fsp3) is 0.533. The van der Waals surface area contributed by atoms with Crippen molar-refractivity contribution in [1.29, 1.82) is 0 Å². The molecule has 0 unspecified atom stereocenters. The van der Waals surface area contributed by atoms with E-state index >= 15 is 0 Å². The number of ether oxygens (including phenoxy) is 2. The molecule has 0 aromatic heterocycles. The average Bonchev–Trinajstić information content (AvgIpc) is 3.25. The molecule has 1 saturated carbocycles. The van der Waals surface area contributed by atoms with Crippen molar-refractivity contribution in [3.63, 3.8) is 0 Å². The first-order valence-corrected chi connectivity index (χ1v) is 7.00. The third-order valence-corrected chi connectivity index (χ3v) is 3.11. The molecule has 5 nitrogen and oxygen atoms in total. The zero-order chi connectivity index (χ0) is 14.2. The van der Waals surface area contributed by atoms with Crippen LogP contribution in [0.3, 0.4) is 0 Å². The summed E-state index contributed by atoms with van der Waals surface area (Å²) in [5, 5.41) is 6.01. The van der Waals surface area contributed by atoms with Crippen molar-refractivity contribution in [3.8, 4) is 5.75 Å². The molecule has 1 fully saturated rings. The Morgan fingerprint density at radius 2 is 1.95 bits per heavy atom. The van der Waals surface area contributed by atoms with Gasteiger partial charge in [-0.3, -0.25) is 4.79 Å². The molecule has 1 aromatic rings. The van der Waals surface area contributed by atoms with Crippen LogP contribution in [0.25, 0.3) is 0 Å². The monoisotopic (exact) mass is 314 g/mol. The fourth-order valence-electron chi connectivity index (χ4n) is 1.79. The predicted molar refractivity (Wildman–Crippen MR) is 85.3 cm³/mol. The second kappa shape index (κ2) is 9.60. The summed E-state index contributed by atoms with van der Waals surface area (Å²) in [6.07, 6.45) is 2.58. The van der Waals surface area contributed by atoms with Crippen LogP contribution in [0.1, 0.15) is 12.8 Å². The first-order valence-electron chi connectivity index (χ1n) is 7.00. The highest BCUT2D eigenvalue weighted by Gasteiger charge is 2.20. The van der Waals surface area contributed by atoms with E-state index < -0.39 is 0 Å². The topological polar surface area (TPSA) is 59.6 Å². The van der Waals surface area contributed by atoms with E-state index in [4.69, 9.17) is 9.47 Å². The van der Waals surface area contributed by atoms with Gasteiger partial charge in [0.2, 0.25) is 5.91 Å². The van der Waals surface area contributed by atoms with E-state index in [-0.39, 0.29) is 18.3 Å². The number of hydrogen-bond acceptors (Lipinski definition) is 4. The summed E-state index contributed by atoms with van der Waals surface area (Å²) in [4.78, 5) is 11.7. The number of rotatable bonds is 9. The summed E-state index contributed by atoms with van der Waals surface area (Å²) in [5.74, 6) is 1.54. The number of hydrogen-bond donors (Lipinski definition) is 2. The van der Waals surface area contributed by atoms with Gasteiger partial charge in [-0.25, -0.2) is 0 Å². The highest BCUT2D eigenvalue weighted by molar-refractivity contribution is 5.92. The van der Waals surface area contributed by atoms with Crippen LogP contribution in [0, 0.1) is 5.92 Å². The van der Waals surface area contributed by atoms with Crippen molar-refractivity contribution in [1.82, 2.24) is 5.32 Å². The average molecular weight is 315 g/mol. The molecule has 0 heterocycles. The van der Waals surface area contributed by atoms with Crippen molar-refractivity contribution in [3.05, 3.63) is 24.3 Å². The van der Waals surface area contributed by atoms with E-state index in [1.165, 1.54) is 12.8 Å². The first kappa shape index (κ1) is 17.8. The van der Waals surface area contributed by atoms with Crippen molar-refractivity contribution in [2.24, 2.45) is 5.92 Å². The van der Waals surface area contributed by atoms with Gasteiger partial charge >= 0.3 is 0 Å². The molecule has 0 aliphatic heterocycles. The molecule has 118 valence electrons. The molecule has 2 rings (SSSR count). The smallest absolute Gasteiger partial charge is 0.238 e. The van der Waals surface area contributed by atoms with Crippen molar-refractivity contribution in [2.75, 3.05) is 38.7 Å². The molecule has 1 aliphatic rings. The molecule has 2 N–H and O–H groups in total. The Morgan fingerprint density at radius 3 is 2.57 bits per heavy atom. The SMILES string of the molecule is COCCOc1ccc(NC(=O)CNCC2CC2)cc1.Cl. The summed E-state index contributed by atoms with van der Waals surface area (Å²) in [6.45, 7) is 2.39. The number of carbonyl (C=O) groups excluding carboxylic acids is 1. The Hall–Kier alpha value is -1.30. The number of benzene rings is 1. The van der Waals surface area contributed by atoms with Gasteiger partial charge in [0, 0.05) is 12.8 Å². The van der Waals surface area contributed by atoms with Gasteiger partial charge in [-0.15, -0.1) is 12.4 Å². The lowest BCUT2D eigenvalue weighted by molar-refractivity contribution is -0.115. The number of amides is 1. The Bertz CT molecular complexity index is 421. The molecule has 0 bridgehead atoms.